The molecule has 0 saturated heterocycles. The summed E-state index contributed by atoms with van der Waals surface area (Å²) < 4.78 is 21.3. The smallest absolute Gasteiger partial charge is 0.240 e. The van der Waals surface area contributed by atoms with Gasteiger partial charge in [-0.2, -0.15) is 0 Å². The first-order chi connectivity index (χ1) is 14.9. The predicted molar refractivity (Wildman–Crippen MR) is 112 cm³/mol. The van der Waals surface area contributed by atoms with E-state index in [1.54, 1.807) is 0 Å². The van der Waals surface area contributed by atoms with Crippen LogP contribution in [0.3, 0.4) is 0 Å². The zero-order valence-electron chi connectivity index (χ0n) is 18.6. The normalized spacial score (nSPS) is 11.8. The highest BCUT2D eigenvalue weighted by Gasteiger charge is 2.21. The van der Waals surface area contributed by atoms with Gasteiger partial charge in [-0.05, 0) is 5.92 Å². The van der Waals surface area contributed by atoms with E-state index in [9.17, 15) is 19.2 Å². The lowest BCUT2D eigenvalue weighted by atomic mass is 10.0. The lowest BCUT2D eigenvalue weighted by Gasteiger charge is -2.18. The van der Waals surface area contributed by atoms with Crippen LogP contribution in [0.5, 0.6) is 0 Å². The lowest BCUT2D eigenvalue weighted by molar-refractivity contribution is -0.129. The van der Waals surface area contributed by atoms with Crippen molar-refractivity contribution in [2.45, 2.75) is 39.2 Å². The molecule has 0 rings (SSSR count). The van der Waals surface area contributed by atoms with Gasteiger partial charge in [0.1, 0.15) is 12.3 Å². The molecule has 1 atom stereocenters. The number of rotatable bonds is 21. The van der Waals surface area contributed by atoms with Crippen LogP contribution in [-0.4, -0.2) is 89.4 Å². The minimum Gasteiger partial charge on any atom is -0.379 e. The van der Waals surface area contributed by atoms with Crippen molar-refractivity contribution in [3.8, 4) is 0 Å². The van der Waals surface area contributed by atoms with Gasteiger partial charge in [0.05, 0.1) is 52.9 Å². The van der Waals surface area contributed by atoms with Crippen molar-refractivity contribution >= 4 is 24.0 Å². The number of aldehydes is 1. The highest BCUT2D eigenvalue weighted by molar-refractivity contribution is 5.86. The lowest BCUT2D eigenvalue weighted by Crippen LogP contribution is -2.47. The van der Waals surface area contributed by atoms with Crippen molar-refractivity contribution in [2.75, 3.05) is 59.4 Å². The summed E-state index contributed by atoms with van der Waals surface area (Å²) in [5.41, 5.74) is 5.25. The molecule has 3 amide bonds. The third kappa shape index (κ3) is 18.4. The van der Waals surface area contributed by atoms with E-state index >= 15 is 0 Å². The molecule has 31 heavy (non-hydrogen) atoms. The Labute approximate surface area is 183 Å². The minimum absolute atomic E-state index is 0.0721. The summed E-state index contributed by atoms with van der Waals surface area (Å²) in [7, 11) is 0. The van der Waals surface area contributed by atoms with Crippen molar-refractivity contribution in [2.24, 2.45) is 11.7 Å². The van der Waals surface area contributed by atoms with Gasteiger partial charge in [-0.3, -0.25) is 14.4 Å². The molecule has 4 N–H and O–H groups in total. The van der Waals surface area contributed by atoms with E-state index in [0.717, 1.165) is 0 Å². The highest BCUT2D eigenvalue weighted by atomic mass is 16.6. The molecule has 180 valence electrons. The van der Waals surface area contributed by atoms with Gasteiger partial charge < -0.3 is 40.1 Å². The fraction of sp³-hybridized carbons (Fsp3) is 0.800. The molecule has 1 unspecified atom stereocenters. The Kier molecular flexibility index (Phi) is 18.5. The maximum absolute atomic E-state index is 11.8. The first-order valence-electron chi connectivity index (χ1n) is 10.5. The van der Waals surface area contributed by atoms with E-state index in [0.29, 0.717) is 59.1 Å². The van der Waals surface area contributed by atoms with E-state index in [-0.39, 0.29) is 43.6 Å². The van der Waals surface area contributed by atoms with Crippen LogP contribution in [0.15, 0.2) is 0 Å². The largest absolute Gasteiger partial charge is 0.379 e. The molecular formula is C20H37N3O8. The van der Waals surface area contributed by atoms with Crippen LogP contribution in [0.25, 0.3) is 0 Å². The van der Waals surface area contributed by atoms with Crippen molar-refractivity contribution in [3.63, 3.8) is 0 Å². The van der Waals surface area contributed by atoms with Gasteiger partial charge in [0.2, 0.25) is 17.7 Å². The van der Waals surface area contributed by atoms with Crippen LogP contribution in [0, 0.1) is 5.92 Å². The van der Waals surface area contributed by atoms with Crippen molar-refractivity contribution in [1.82, 2.24) is 10.6 Å². The van der Waals surface area contributed by atoms with Gasteiger partial charge in [-0.15, -0.1) is 0 Å². The molecule has 0 fully saturated rings. The number of hydrogen-bond donors (Lipinski definition) is 3. The molecule has 0 spiro atoms. The average molecular weight is 448 g/mol. The van der Waals surface area contributed by atoms with Crippen molar-refractivity contribution < 1.29 is 38.1 Å². The molecule has 0 aliphatic heterocycles. The summed E-state index contributed by atoms with van der Waals surface area (Å²) in [6.07, 6.45) is 1.27. The summed E-state index contributed by atoms with van der Waals surface area (Å²) >= 11 is 0. The Bertz CT molecular complexity index is 517. The van der Waals surface area contributed by atoms with Crippen LogP contribution in [0.4, 0.5) is 0 Å². The molecule has 11 heteroatoms. The Morgan fingerprint density at radius 1 is 0.806 bits per heavy atom. The Hall–Kier alpha value is -2.08. The number of primary amides is 1. The van der Waals surface area contributed by atoms with Crippen LogP contribution in [0.2, 0.25) is 0 Å². The van der Waals surface area contributed by atoms with Crippen LogP contribution in [-0.2, 0) is 38.1 Å². The van der Waals surface area contributed by atoms with Gasteiger partial charge in [0, 0.05) is 25.8 Å². The number of nitrogens with two attached hydrogens (primary N) is 1. The number of carbonyl (C=O) groups excluding carboxylic acids is 4. The maximum atomic E-state index is 11.8. The van der Waals surface area contributed by atoms with E-state index in [4.69, 9.17) is 24.7 Å². The second-order valence-corrected chi connectivity index (χ2v) is 6.95. The standard InChI is InChI=1S/C20H37N3O8/c1-16(2)19(20(21)27)23-18(26)5-8-28-10-12-30-14-15-31-13-11-29-9-6-22-17(25)4-3-7-24/h7,16,19H,3-6,8-15H2,1-2H3,(H2,21,27)(H,22,25)(H,23,26). The number of carbonyl (C=O) groups is 4. The third-order valence-electron chi connectivity index (χ3n) is 3.94. The van der Waals surface area contributed by atoms with Crippen LogP contribution >= 0.6 is 0 Å². The van der Waals surface area contributed by atoms with E-state index in [1.165, 1.54) is 0 Å². The summed E-state index contributed by atoms with van der Waals surface area (Å²) in [6, 6.07) is -0.679. The maximum Gasteiger partial charge on any atom is 0.240 e. The number of ether oxygens (including phenoxy) is 4. The Morgan fingerprint density at radius 3 is 1.81 bits per heavy atom. The molecule has 0 saturated carbocycles. The molecule has 0 radical (unpaired) electrons. The molecule has 0 aromatic carbocycles. The molecular weight excluding hydrogens is 410 g/mol. The summed E-state index contributed by atoms with van der Waals surface area (Å²) in [5.74, 6) is -1.08. The minimum atomic E-state index is -0.679. The van der Waals surface area contributed by atoms with Gasteiger partial charge >= 0.3 is 0 Å². The quantitative estimate of drug-likeness (QED) is 0.152. The van der Waals surface area contributed by atoms with E-state index in [2.05, 4.69) is 10.6 Å². The Balaban J connectivity index is 3.36. The van der Waals surface area contributed by atoms with Gasteiger partial charge in [-0.25, -0.2) is 0 Å². The van der Waals surface area contributed by atoms with Crippen LogP contribution < -0.4 is 16.4 Å². The first-order valence-corrected chi connectivity index (χ1v) is 10.5. The van der Waals surface area contributed by atoms with Gasteiger partial charge in [0.25, 0.3) is 0 Å². The Morgan fingerprint density at radius 2 is 1.32 bits per heavy atom. The summed E-state index contributed by atoms with van der Waals surface area (Å²) in [6.45, 7) is 6.98. The third-order valence-corrected chi connectivity index (χ3v) is 3.94. The zero-order valence-corrected chi connectivity index (χ0v) is 18.6. The monoisotopic (exact) mass is 447 g/mol. The molecule has 0 aromatic rings. The van der Waals surface area contributed by atoms with E-state index < -0.39 is 11.9 Å². The van der Waals surface area contributed by atoms with Gasteiger partial charge in [-0.1, -0.05) is 13.8 Å². The topological polar surface area (TPSA) is 155 Å². The summed E-state index contributed by atoms with van der Waals surface area (Å²) in [4.78, 5) is 44.4. The highest BCUT2D eigenvalue weighted by Crippen LogP contribution is 2.01. The van der Waals surface area contributed by atoms with Crippen LogP contribution in [0.1, 0.15) is 33.1 Å². The summed E-state index contributed by atoms with van der Waals surface area (Å²) in [5, 5.41) is 5.24. The van der Waals surface area contributed by atoms with Crippen molar-refractivity contribution in [3.05, 3.63) is 0 Å². The number of hydrogen-bond acceptors (Lipinski definition) is 8. The molecule has 0 aromatic heterocycles. The molecule has 0 aliphatic rings. The van der Waals surface area contributed by atoms with E-state index in [1.807, 2.05) is 13.8 Å². The SMILES string of the molecule is CC(C)C(NC(=O)CCOCCOCCOCCOCCNC(=O)CCC=O)C(N)=O. The second kappa shape index (κ2) is 19.9. The fourth-order valence-electron chi connectivity index (χ4n) is 2.28. The second-order valence-electron chi connectivity index (χ2n) is 6.95. The predicted octanol–water partition coefficient (Wildman–Crippen LogP) is -0.836. The van der Waals surface area contributed by atoms with Crippen molar-refractivity contribution in [1.29, 1.82) is 0 Å². The van der Waals surface area contributed by atoms with Gasteiger partial charge in [0.15, 0.2) is 0 Å². The average Bonchev–Trinajstić information content (AvgIpc) is 2.72. The first kappa shape index (κ1) is 28.9. The molecule has 0 heterocycles. The molecule has 0 bridgehead atoms. The zero-order chi connectivity index (χ0) is 23.3. The molecule has 0 aliphatic carbocycles. The fourth-order valence-corrected chi connectivity index (χ4v) is 2.28. The number of amides is 3. The number of nitrogens with one attached hydrogen (secondary N) is 2. The molecule has 11 nitrogen and oxygen atoms in total.